The largest absolute Gasteiger partial charge is 0.389 e. The fourth-order valence-electron chi connectivity index (χ4n) is 1.86. The average Bonchev–Trinajstić information content (AvgIpc) is 2.12. The highest BCUT2D eigenvalue weighted by atomic mass is 16.3. The summed E-state index contributed by atoms with van der Waals surface area (Å²) in [6.07, 6.45) is 2.90. The summed E-state index contributed by atoms with van der Waals surface area (Å²) in [7, 11) is 4.02. The van der Waals surface area contributed by atoms with Crippen LogP contribution in [-0.2, 0) is 0 Å². The lowest BCUT2D eigenvalue weighted by atomic mass is 9.94. The average molecular weight is 172 g/mol. The number of nitrogens with one attached hydrogen (secondary N) is 1. The van der Waals surface area contributed by atoms with Gasteiger partial charge in [-0.1, -0.05) is 0 Å². The number of aliphatic hydroxyl groups is 1. The van der Waals surface area contributed by atoms with Gasteiger partial charge in [-0.3, -0.25) is 0 Å². The van der Waals surface area contributed by atoms with Crippen LogP contribution in [0.4, 0.5) is 0 Å². The Bertz CT molecular complexity index is 128. The highest BCUT2D eigenvalue weighted by molar-refractivity contribution is 4.84. The summed E-state index contributed by atoms with van der Waals surface area (Å²) in [6, 6.07) is 0. The van der Waals surface area contributed by atoms with E-state index in [9.17, 15) is 5.11 Å². The zero-order valence-electron chi connectivity index (χ0n) is 8.14. The molecular weight excluding hydrogens is 152 g/mol. The summed E-state index contributed by atoms with van der Waals surface area (Å²) in [5.41, 5.74) is -0.451. The molecule has 1 aliphatic heterocycles. The van der Waals surface area contributed by atoms with Crippen LogP contribution in [-0.4, -0.2) is 49.3 Å². The molecule has 0 aromatic carbocycles. The fourth-order valence-corrected chi connectivity index (χ4v) is 1.86. The van der Waals surface area contributed by atoms with Crippen molar-refractivity contribution in [2.75, 3.05) is 33.7 Å². The molecule has 3 heteroatoms. The van der Waals surface area contributed by atoms with E-state index in [-0.39, 0.29) is 0 Å². The molecule has 1 atom stereocenters. The van der Waals surface area contributed by atoms with Crippen LogP contribution in [0.15, 0.2) is 0 Å². The molecule has 1 fully saturated rings. The molecule has 12 heavy (non-hydrogen) atoms. The Labute approximate surface area is 74.8 Å². The highest BCUT2D eigenvalue weighted by Gasteiger charge is 2.27. The van der Waals surface area contributed by atoms with Gasteiger partial charge in [-0.15, -0.1) is 0 Å². The van der Waals surface area contributed by atoms with Gasteiger partial charge in [0.15, 0.2) is 0 Å². The molecule has 0 spiro atoms. The van der Waals surface area contributed by atoms with Crippen molar-refractivity contribution < 1.29 is 5.11 Å². The second kappa shape index (κ2) is 4.21. The third kappa shape index (κ3) is 3.09. The van der Waals surface area contributed by atoms with Gasteiger partial charge in [0, 0.05) is 6.54 Å². The van der Waals surface area contributed by atoms with Crippen LogP contribution in [0.3, 0.4) is 0 Å². The molecule has 72 valence electrons. The molecular formula is C9H20N2O. The summed E-state index contributed by atoms with van der Waals surface area (Å²) in [5.74, 6) is 0. The van der Waals surface area contributed by atoms with Crippen LogP contribution in [0.5, 0.6) is 0 Å². The Hall–Kier alpha value is -0.120. The molecule has 1 rings (SSSR count). The number of nitrogens with zero attached hydrogens (tertiary/aromatic N) is 1. The predicted octanol–water partition coefficient (Wildman–Crippen LogP) is 0.0526. The molecule has 0 unspecified atom stereocenters. The SMILES string of the molecule is CN(C)C[C@]1(O)CCCNCC1. The van der Waals surface area contributed by atoms with Crippen molar-refractivity contribution in [1.82, 2.24) is 10.2 Å². The molecule has 0 aromatic heterocycles. The molecule has 1 saturated heterocycles. The Balaban J connectivity index is 2.42. The fraction of sp³-hybridized carbons (Fsp3) is 1.00. The van der Waals surface area contributed by atoms with Gasteiger partial charge in [0.1, 0.15) is 0 Å². The Morgan fingerprint density at radius 1 is 1.33 bits per heavy atom. The lowest BCUT2D eigenvalue weighted by Crippen LogP contribution is -2.40. The van der Waals surface area contributed by atoms with Crippen molar-refractivity contribution in [3.8, 4) is 0 Å². The van der Waals surface area contributed by atoms with E-state index in [1.54, 1.807) is 0 Å². The minimum Gasteiger partial charge on any atom is -0.389 e. The number of likely N-dealkylation sites (N-methyl/N-ethyl adjacent to an activating group) is 1. The maximum atomic E-state index is 10.1. The van der Waals surface area contributed by atoms with E-state index < -0.39 is 5.60 Å². The summed E-state index contributed by atoms with van der Waals surface area (Å²) in [6.45, 7) is 2.79. The van der Waals surface area contributed by atoms with Crippen molar-refractivity contribution in [3.05, 3.63) is 0 Å². The topological polar surface area (TPSA) is 35.5 Å². The van der Waals surface area contributed by atoms with E-state index in [1.165, 1.54) is 0 Å². The lowest BCUT2D eigenvalue weighted by Gasteiger charge is -2.29. The normalized spacial score (nSPS) is 32.0. The Morgan fingerprint density at radius 2 is 2.08 bits per heavy atom. The number of hydrogen-bond donors (Lipinski definition) is 2. The van der Waals surface area contributed by atoms with E-state index in [2.05, 4.69) is 10.2 Å². The predicted molar refractivity (Wildman–Crippen MR) is 50.2 cm³/mol. The van der Waals surface area contributed by atoms with Crippen LogP contribution >= 0.6 is 0 Å². The van der Waals surface area contributed by atoms with Crippen molar-refractivity contribution in [2.45, 2.75) is 24.9 Å². The van der Waals surface area contributed by atoms with Crippen molar-refractivity contribution in [2.24, 2.45) is 0 Å². The zero-order chi connectivity index (χ0) is 9.03. The first kappa shape index (κ1) is 9.96. The van der Waals surface area contributed by atoms with Gasteiger partial charge in [-0.2, -0.15) is 0 Å². The molecule has 0 amide bonds. The van der Waals surface area contributed by atoms with E-state index in [4.69, 9.17) is 0 Å². The summed E-state index contributed by atoms with van der Waals surface area (Å²) in [5, 5.41) is 13.4. The highest BCUT2D eigenvalue weighted by Crippen LogP contribution is 2.19. The van der Waals surface area contributed by atoms with Gasteiger partial charge < -0.3 is 15.3 Å². The van der Waals surface area contributed by atoms with Crippen LogP contribution in [0.2, 0.25) is 0 Å². The molecule has 0 aromatic rings. The van der Waals surface area contributed by atoms with Gasteiger partial charge in [0.2, 0.25) is 0 Å². The Morgan fingerprint density at radius 3 is 2.75 bits per heavy atom. The van der Waals surface area contributed by atoms with Crippen molar-refractivity contribution in [3.63, 3.8) is 0 Å². The minimum absolute atomic E-state index is 0.451. The van der Waals surface area contributed by atoms with Crippen LogP contribution in [0.1, 0.15) is 19.3 Å². The summed E-state index contributed by atoms with van der Waals surface area (Å²) in [4.78, 5) is 2.06. The zero-order valence-corrected chi connectivity index (χ0v) is 8.14. The maximum absolute atomic E-state index is 10.1. The standard InChI is InChI=1S/C9H20N2O/c1-11(2)8-9(12)4-3-6-10-7-5-9/h10,12H,3-8H2,1-2H3/t9-/m0/s1. The number of hydrogen-bond acceptors (Lipinski definition) is 3. The summed E-state index contributed by atoms with van der Waals surface area (Å²) < 4.78 is 0. The van der Waals surface area contributed by atoms with E-state index in [0.717, 1.165) is 38.9 Å². The molecule has 1 aliphatic rings. The first-order chi connectivity index (χ1) is 5.62. The summed E-state index contributed by atoms with van der Waals surface area (Å²) >= 11 is 0. The first-order valence-corrected chi connectivity index (χ1v) is 4.70. The second-order valence-corrected chi connectivity index (χ2v) is 4.07. The van der Waals surface area contributed by atoms with Crippen molar-refractivity contribution in [1.29, 1.82) is 0 Å². The molecule has 0 bridgehead atoms. The van der Waals surface area contributed by atoms with Gasteiger partial charge in [0.25, 0.3) is 0 Å². The van der Waals surface area contributed by atoms with Gasteiger partial charge >= 0.3 is 0 Å². The van der Waals surface area contributed by atoms with Gasteiger partial charge in [0.05, 0.1) is 5.60 Å². The van der Waals surface area contributed by atoms with Gasteiger partial charge in [-0.25, -0.2) is 0 Å². The van der Waals surface area contributed by atoms with Crippen LogP contribution in [0.25, 0.3) is 0 Å². The third-order valence-electron chi connectivity index (χ3n) is 2.37. The van der Waals surface area contributed by atoms with E-state index in [0.29, 0.717) is 0 Å². The van der Waals surface area contributed by atoms with Crippen molar-refractivity contribution >= 4 is 0 Å². The quantitative estimate of drug-likeness (QED) is 0.618. The van der Waals surface area contributed by atoms with Crippen LogP contribution < -0.4 is 5.32 Å². The molecule has 1 heterocycles. The van der Waals surface area contributed by atoms with E-state index in [1.807, 2.05) is 14.1 Å². The molecule has 3 nitrogen and oxygen atoms in total. The smallest absolute Gasteiger partial charge is 0.0786 e. The van der Waals surface area contributed by atoms with Crippen LogP contribution in [0, 0.1) is 0 Å². The number of rotatable bonds is 2. The van der Waals surface area contributed by atoms with Gasteiger partial charge in [-0.05, 0) is 46.4 Å². The first-order valence-electron chi connectivity index (χ1n) is 4.70. The minimum atomic E-state index is -0.451. The molecule has 0 aliphatic carbocycles. The second-order valence-electron chi connectivity index (χ2n) is 4.07. The maximum Gasteiger partial charge on any atom is 0.0786 e. The van der Waals surface area contributed by atoms with E-state index >= 15 is 0 Å². The third-order valence-corrected chi connectivity index (χ3v) is 2.37. The molecule has 0 saturated carbocycles. The monoisotopic (exact) mass is 172 g/mol. The molecule has 2 N–H and O–H groups in total. The lowest BCUT2D eigenvalue weighted by molar-refractivity contribution is 0.00504. The molecule has 0 radical (unpaired) electrons. The Kier molecular flexibility index (Phi) is 3.50.